The number of sulfonamides is 1. The summed E-state index contributed by atoms with van der Waals surface area (Å²) in [4.78, 5) is 15.1. The van der Waals surface area contributed by atoms with E-state index in [2.05, 4.69) is 6.92 Å². The van der Waals surface area contributed by atoms with Gasteiger partial charge in [0, 0.05) is 30.7 Å². The van der Waals surface area contributed by atoms with E-state index in [1.54, 1.807) is 16.4 Å². The van der Waals surface area contributed by atoms with Crippen LogP contribution in [0.1, 0.15) is 59.4 Å². The van der Waals surface area contributed by atoms with Gasteiger partial charge in [0.2, 0.25) is 15.9 Å². The van der Waals surface area contributed by atoms with E-state index in [4.69, 9.17) is 0 Å². The van der Waals surface area contributed by atoms with Gasteiger partial charge in [0.05, 0.1) is 4.90 Å². The minimum atomic E-state index is -3.55. The first-order chi connectivity index (χ1) is 13.1. The summed E-state index contributed by atoms with van der Waals surface area (Å²) in [6, 6.07) is 5.40. The molecule has 1 heterocycles. The van der Waals surface area contributed by atoms with Crippen LogP contribution in [-0.4, -0.2) is 37.8 Å². The summed E-state index contributed by atoms with van der Waals surface area (Å²) < 4.78 is 28.2. The van der Waals surface area contributed by atoms with Crippen LogP contribution in [0.4, 0.5) is 5.69 Å². The Morgan fingerprint density at radius 2 is 1.75 bits per heavy atom. The Kier molecular flexibility index (Phi) is 6.20. The number of hydrogen-bond donors (Lipinski definition) is 0. The zero-order chi connectivity index (χ0) is 20.6. The second-order valence-electron chi connectivity index (χ2n) is 9.29. The molecule has 6 heteroatoms. The van der Waals surface area contributed by atoms with E-state index in [-0.39, 0.29) is 29.7 Å². The number of nitrogens with zero attached hydrogens (tertiary/aromatic N) is 2. The summed E-state index contributed by atoms with van der Waals surface area (Å²) in [6.07, 6.45) is 3.79. The van der Waals surface area contributed by atoms with E-state index in [1.165, 1.54) is 0 Å². The number of rotatable bonds is 7. The van der Waals surface area contributed by atoms with Crippen molar-refractivity contribution >= 4 is 21.6 Å². The van der Waals surface area contributed by atoms with Gasteiger partial charge in [0.1, 0.15) is 0 Å². The van der Waals surface area contributed by atoms with Crippen LogP contribution in [0.25, 0.3) is 0 Å². The van der Waals surface area contributed by atoms with Gasteiger partial charge in [-0.15, -0.1) is 0 Å². The van der Waals surface area contributed by atoms with Crippen molar-refractivity contribution in [3.05, 3.63) is 23.8 Å². The molecule has 0 bridgehead atoms. The highest BCUT2D eigenvalue weighted by molar-refractivity contribution is 7.89. The number of hydrogen-bond acceptors (Lipinski definition) is 3. The van der Waals surface area contributed by atoms with Gasteiger partial charge in [-0.1, -0.05) is 34.1 Å². The number of carbonyl (C=O) groups is 1. The third kappa shape index (κ3) is 4.13. The predicted molar refractivity (Wildman–Crippen MR) is 113 cm³/mol. The summed E-state index contributed by atoms with van der Waals surface area (Å²) in [5.74, 6) is 0.871. The van der Waals surface area contributed by atoms with Crippen LogP contribution in [-0.2, 0) is 21.2 Å². The molecule has 1 fully saturated rings. The van der Waals surface area contributed by atoms with Gasteiger partial charge in [-0.2, -0.15) is 4.31 Å². The summed E-state index contributed by atoms with van der Waals surface area (Å²) in [5, 5.41) is 0. The lowest BCUT2D eigenvalue weighted by molar-refractivity contribution is -0.125. The van der Waals surface area contributed by atoms with Crippen molar-refractivity contribution in [1.29, 1.82) is 0 Å². The third-order valence-electron chi connectivity index (χ3n) is 5.73. The van der Waals surface area contributed by atoms with Gasteiger partial charge in [-0.05, 0) is 61.8 Å². The molecule has 0 aromatic heterocycles. The number of carbonyl (C=O) groups excluding carboxylic acids is 1. The smallest absolute Gasteiger partial charge is 0.243 e. The third-order valence-corrected chi connectivity index (χ3v) is 7.56. The van der Waals surface area contributed by atoms with Crippen LogP contribution in [0.5, 0.6) is 0 Å². The van der Waals surface area contributed by atoms with Crippen molar-refractivity contribution in [1.82, 2.24) is 4.31 Å². The van der Waals surface area contributed by atoms with Crippen LogP contribution in [0.2, 0.25) is 0 Å². The molecule has 0 radical (unpaired) electrons. The Bertz CT molecular complexity index is 818. The highest BCUT2D eigenvalue weighted by Gasteiger charge is 2.38. The molecule has 1 aromatic carbocycles. The fourth-order valence-electron chi connectivity index (χ4n) is 4.19. The lowest BCUT2D eigenvalue weighted by Crippen LogP contribution is -2.42. The van der Waals surface area contributed by atoms with E-state index in [1.807, 2.05) is 38.7 Å². The van der Waals surface area contributed by atoms with Crippen LogP contribution < -0.4 is 4.90 Å². The molecule has 5 nitrogen and oxygen atoms in total. The summed E-state index contributed by atoms with van der Waals surface area (Å²) >= 11 is 0. The minimum absolute atomic E-state index is 0.0866. The van der Waals surface area contributed by atoms with Gasteiger partial charge in [-0.3, -0.25) is 4.79 Å². The van der Waals surface area contributed by atoms with E-state index < -0.39 is 10.0 Å². The van der Waals surface area contributed by atoms with Gasteiger partial charge in [0.15, 0.2) is 0 Å². The molecule has 0 spiro atoms. The average Bonchev–Trinajstić information content (AvgIpc) is 2.86. The van der Waals surface area contributed by atoms with Crippen molar-refractivity contribution in [2.24, 2.45) is 17.8 Å². The highest BCUT2D eigenvalue weighted by Crippen LogP contribution is 2.38. The topological polar surface area (TPSA) is 57.7 Å². The highest BCUT2D eigenvalue weighted by atomic mass is 32.2. The second kappa shape index (κ2) is 8.15. The number of anilines is 1. The lowest BCUT2D eigenvalue weighted by atomic mass is 9.84. The quantitative estimate of drug-likeness (QED) is 0.686. The van der Waals surface area contributed by atoms with Crippen molar-refractivity contribution in [3.8, 4) is 0 Å². The van der Waals surface area contributed by atoms with Crippen molar-refractivity contribution < 1.29 is 13.2 Å². The normalized spacial score (nSPS) is 20.1. The molecule has 0 N–H and O–H groups in total. The molecular formula is C22H34N2O3S. The van der Waals surface area contributed by atoms with E-state index >= 15 is 0 Å². The molecule has 1 aliphatic heterocycles. The number of benzene rings is 1. The summed E-state index contributed by atoms with van der Waals surface area (Å²) in [5.41, 5.74) is 1.86. The molecular weight excluding hydrogens is 372 g/mol. The molecule has 1 unspecified atom stereocenters. The molecule has 28 heavy (non-hydrogen) atoms. The number of fused-ring (bicyclic) bond motifs is 1. The Labute approximate surface area is 170 Å². The molecule has 0 saturated heterocycles. The van der Waals surface area contributed by atoms with Crippen LogP contribution in [0.3, 0.4) is 0 Å². The second-order valence-corrected chi connectivity index (χ2v) is 11.2. The zero-order valence-electron chi connectivity index (χ0n) is 17.8. The van der Waals surface area contributed by atoms with Crippen LogP contribution in [0.15, 0.2) is 23.1 Å². The maximum absolute atomic E-state index is 13.3. The van der Waals surface area contributed by atoms with Gasteiger partial charge in [-0.25, -0.2) is 8.42 Å². The standard InChI is InChI=1S/C22H34N2O3S/c1-15(2)13-23(14-16(3)4)28(26,27)20-9-10-21-19(12-20)11-17(5)24(21)22(25)18-7-6-8-18/h9-10,12,15-18H,6-8,11,13-14H2,1-5H3. The van der Waals surface area contributed by atoms with Gasteiger partial charge < -0.3 is 4.90 Å². The molecule has 1 atom stereocenters. The molecule has 1 aliphatic carbocycles. The van der Waals surface area contributed by atoms with Crippen LogP contribution >= 0.6 is 0 Å². The van der Waals surface area contributed by atoms with Crippen molar-refractivity contribution in [2.45, 2.75) is 71.2 Å². The summed E-state index contributed by atoms with van der Waals surface area (Å²) in [6.45, 7) is 11.2. The lowest BCUT2D eigenvalue weighted by Gasteiger charge is -2.32. The van der Waals surface area contributed by atoms with E-state index in [9.17, 15) is 13.2 Å². The number of amides is 1. The monoisotopic (exact) mass is 406 g/mol. The molecule has 1 saturated carbocycles. The minimum Gasteiger partial charge on any atom is -0.309 e. The van der Waals surface area contributed by atoms with E-state index in [0.717, 1.165) is 30.5 Å². The van der Waals surface area contributed by atoms with Crippen LogP contribution in [0, 0.1) is 17.8 Å². The maximum Gasteiger partial charge on any atom is 0.243 e. The molecule has 3 rings (SSSR count). The molecule has 2 aliphatic rings. The van der Waals surface area contributed by atoms with Crippen molar-refractivity contribution in [2.75, 3.05) is 18.0 Å². The Balaban J connectivity index is 1.90. The molecule has 156 valence electrons. The fraction of sp³-hybridized carbons (Fsp3) is 0.682. The fourth-order valence-corrected chi connectivity index (χ4v) is 6.01. The zero-order valence-corrected chi connectivity index (χ0v) is 18.6. The Morgan fingerprint density at radius 3 is 2.25 bits per heavy atom. The van der Waals surface area contributed by atoms with Gasteiger partial charge >= 0.3 is 0 Å². The molecule has 1 aromatic rings. The average molecular weight is 407 g/mol. The first kappa shape index (κ1) is 21.3. The van der Waals surface area contributed by atoms with Crippen molar-refractivity contribution in [3.63, 3.8) is 0 Å². The first-order valence-electron chi connectivity index (χ1n) is 10.6. The SMILES string of the molecule is CC(C)CN(CC(C)C)S(=O)(=O)c1ccc2c(c1)CC(C)N2C(=O)C1CCC1. The van der Waals surface area contributed by atoms with E-state index in [0.29, 0.717) is 24.4 Å². The predicted octanol–water partition coefficient (Wildman–Crippen LogP) is 4.07. The largest absolute Gasteiger partial charge is 0.309 e. The molecule has 1 amide bonds. The van der Waals surface area contributed by atoms with Gasteiger partial charge in [0.25, 0.3) is 0 Å². The Morgan fingerprint density at radius 1 is 1.14 bits per heavy atom. The maximum atomic E-state index is 13.3. The Hall–Kier alpha value is -1.40. The summed E-state index contributed by atoms with van der Waals surface area (Å²) in [7, 11) is -3.55. The first-order valence-corrected chi connectivity index (χ1v) is 12.0.